The van der Waals surface area contributed by atoms with Gasteiger partial charge in [-0.2, -0.15) is 5.10 Å². The fourth-order valence-electron chi connectivity index (χ4n) is 4.55. The van der Waals surface area contributed by atoms with Crippen molar-refractivity contribution in [1.29, 1.82) is 0 Å². The molecule has 1 aromatic carbocycles. The van der Waals surface area contributed by atoms with Gasteiger partial charge in [-0.1, -0.05) is 32.4 Å². The number of rotatable bonds is 17. The molecule has 3 rings (SSSR count). The number of nitrogens with zero attached hydrogens (tertiary/aromatic N) is 4. The van der Waals surface area contributed by atoms with Crippen LogP contribution in [0.5, 0.6) is 5.75 Å². The fourth-order valence-corrected chi connectivity index (χ4v) is 4.55. The first-order chi connectivity index (χ1) is 21.4. The molecule has 45 heavy (non-hydrogen) atoms. The molecular weight excluding hydrogens is 584 g/mol. The average molecular weight is 631 g/mol. The van der Waals surface area contributed by atoms with Crippen LogP contribution in [0.15, 0.2) is 29.1 Å². The van der Waals surface area contributed by atoms with Gasteiger partial charge in [0.1, 0.15) is 35.8 Å². The van der Waals surface area contributed by atoms with Gasteiger partial charge in [0.25, 0.3) is 5.56 Å². The van der Waals surface area contributed by atoms with Crippen LogP contribution in [-0.2, 0) is 47.2 Å². The van der Waals surface area contributed by atoms with E-state index in [4.69, 9.17) is 36.8 Å². The second-order valence-electron chi connectivity index (χ2n) is 10.3. The molecule has 0 aliphatic rings. The summed E-state index contributed by atoms with van der Waals surface area (Å²) in [6.45, 7) is 7.29. The predicted octanol–water partition coefficient (Wildman–Crippen LogP) is -2.05. The molecule has 0 fully saturated rings. The van der Waals surface area contributed by atoms with E-state index in [0.29, 0.717) is 68.2 Å². The molecule has 15 nitrogen and oxygen atoms in total. The van der Waals surface area contributed by atoms with Crippen LogP contribution in [0.2, 0.25) is 0 Å². The van der Waals surface area contributed by atoms with E-state index in [1.165, 1.54) is 0 Å². The maximum Gasteiger partial charge on any atom is 0.338 e. The Bertz CT molecular complexity index is 1480. The molecule has 0 saturated heterocycles. The lowest BCUT2D eigenvalue weighted by atomic mass is 10.1. The van der Waals surface area contributed by atoms with Crippen molar-refractivity contribution in [2.24, 2.45) is 24.2 Å². The summed E-state index contributed by atoms with van der Waals surface area (Å²) in [7, 11) is 1.77. The van der Waals surface area contributed by atoms with E-state index in [2.05, 4.69) is 17.0 Å². The van der Waals surface area contributed by atoms with Gasteiger partial charge >= 0.3 is 11.9 Å². The van der Waals surface area contributed by atoms with E-state index in [1.54, 1.807) is 47.5 Å². The highest BCUT2D eigenvalue weighted by Crippen LogP contribution is 2.17. The molecule has 0 amide bonds. The largest absolute Gasteiger partial charge is 0.547 e. The second kappa shape index (κ2) is 18.3. The number of guanidine groups is 1. The fraction of sp³-hybridized carbons (Fsp3) is 0.533. The number of ether oxygens (including phenoxy) is 2. The Morgan fingerprint density at radius 2 is 1.84 bits per heavy atom. The zero-order valence-corrected chi connectivity index (χ0v) is 26.5. The maximum absolute atomic E-state index is 13.2. The Morgan fingerprint density at radius 3 is 2.40 bits per heavy atom. The number of carbonyl (C=O) groups is 2. The number of benzene rings is 1. The standard InChI is InChI=1S/C24H32N4O5.C6H14N4O2/c1-5-8-18-21-22(27(4)26-18)23(29)28(20(6-2)25-21)13-14-33-17-11-9-16(10-12-17)15-19(24(30)31)32-7-3;7-4(5(11)12)2-1-3-10-6(8)9/h9-12,19H,5-8,13-15H2,1-4H3,(H,30,31);4H,1-3,7H2,(H,11,12)(H4,8,9,10)/t19-;4-/m01/s1. The van der Waals surface area contributed by atoms with Crippen molar-refractivity contribution >= 4 is 28.9 Å². The summed E-state index contributed by atoms with van der Waals surface area (Å²) in [5, 5.41) is 24.0. The first-order valence-electron chi connectivity index (χ1n) is 15.0. The van der Waals surface area contributed by atoms with Gasteiger partial charge < -0.3 is 30.2 Å². The minimum atomic E-state index is -1.23. The van der Waals surface area contributed by atoms with Crippen LogP contribution in [-0.4, -0.2) is 74.2 Å². The van der Waals surface area contributed by atoms with Gasteiger partial charge in [0.15, 0.2) is 5.52 Å². The third-order valence-corrected chi connectivity index (χ3v) is 6.79. The quantitative estimate of drug-likeness (QED) is 0.0615. The molecule has 15 heteroatoms. The average Bonchev–Trinajstić information content (AvgIpc) is 3.31. The maximum atomic E-state index is 13.2. The topological polar surface area (TPSA) is 241 Å². The normalized spacial score (nSPS) is 12.2. The van der Waals surface area contributed by atoms with Gasteiger partial charge in [-0.05, 0) is 43.9 Å². The lowest BCUT2D eigenvalue weighted by Crippen LogP contribution is -2.78. The zero-order valence-electron chi connectivity index (χ0n) is 26.5. The summed E-state index contributed by atoms with van der Waals surface area (Å²) in [4.78, 5) is 42.0. The Balaban J connectivity index is 0.000000498. The number of aryl methyl sites for hydroxylation is 3. The number of hydrogen-bond acceptors (Lipinski definition) is 9. The summed E-state index contributed by atoms with van der Waals surface area (Å²) in [6.07, 6.45) is 2.63. The van der Waals surface area contributed by atoms with Crippen LogP contribution >= 0.6 is 0 Å². The Labute approximate surface area is 262 Å². The molecule has 8 N–H and O–H groups in total. The number of hydrogen-bond donors (Lipinski definition) is 5. The lowest BCUT2D eigenvalue weighted by molar-refractivity contribution is -0.459. The number of nitrogens with two attached hydrogens (primary N) is 3. The Morgan fingerprint density at radius 1 is 1.16 bits per heavy atom. The van der Waals surface area contributed by atoms with Gasteiger partial charge in [0.2, 0.25) is 0 Å². The van der Waals surface area contributed by atoms with Crippen LogP contribution in [0, 0.1) is 0 Å². The minimum absolute atomic E-state index is 0.114. The number of carboxylic acids is 2. The van der Waals surface area contributed by atoms with Crippen molar-refractivity contribution in [2.75, 3.05) is 19.8 Å². The summed E-state index contributed by atoms with van der Waals surface area (Å²) in [5.41, 5.74) is 18.2. The molecule has 0 spiro atoms. The molecule has 0 bridgehead atoms. The van der Waals surface area contributed by atoms with Crippen LogP contribution in [0.3, 0.4) is 0 Å². The van der Waals surface area contributed by atoms with E-state index in [1.807, 2.05) is 6.92 Å². The zero-order chi connectivity index (χ0) is 33.5. The number of carboxylic acid groups (broad SMARTS) is 2. The third-order valence-electron chi connectivity index (χ3n) is 6.79. The van der Waals surface area contributed by atoms with Gasteiger partial charge in [0.05, 0.1) is 24.8 Å². The van der Waals surface area contributed by atoms with Crippen LogP contribution < -0.4 is 37.6 Å². The smallest absolute Gasteiger partial charge is 0.338 e. The number of aromatic nitrogens is 4. The van der Waals surface area contributed by atoms with Gasteiger partial charge in [-0.25, -0.2) is 4.98 Å². The summed E-state index contributed by atoms with van der Waals surface area (Å²) in [5.74, 6) is -0.735. The van der Waals surface area contributed by atoms with Crippen molar-refractivity contribution in [2.45, 2.75) is 78.0 Å². The van der Waals surface area contributed by atoms with Crippen molar-refractivity contribution < 1.29 is 34.3 Å². The number of nitrogens with one attached hydrogen (secondary N) is 1. The Kier molecular flexibility index (Phi) is 15.0. The van der Waals surface area contributed by atoms with E-state index in [9.17, 15) is 19.5 Å². The second-order valence-corrected chi connectivity index (χ2v) is 10.3. The first kappa shape index (κ1) is 36.7. The van der Waals surface area contributed by atoms with E-state index in [-0.39, 0.29) is 17.9 Å². The first-order valence-corrected chi connectivity index (χ1v) is 15.0. The lowest BCUT2D eigenvalue weighted by Gasteiger charge is -2.18. The monoisotopic (exact) mass is 630 g/mol. The molecule has 2 atom stereocenters. The van der Waals surface area contributed by atoms with Gasteiger partial charge in [0, 0.05) is 26.5 Å². The molecule has 0 saturated carbocycles. The predicted molar refractivity (Wildman–Crippen MR) is 166 cm³/mol. The molecule has 0 unspecified atom stereocenters. The third kappa shape index (κ3) is 11.2. The highest BCUT2D eigenvalue weighted by atomic mass is 16.5. The molecule has 0 radical (unpaired) electrons. The van der Waals surface area contributed by atoms with E-state index in [0.717, 1.165) is 24.1 Å². The van der Waals surface area contributed by atoms with Crippen LogP contribution in [0.25, 0.3) is 11.0 Å². The molecule has 2 aromatic heterocycles. The number of aliphatic carboxylic acids is 2. The van der Waals surface area contributed by atoms with Crippen molar-refractivity contribution in [3.05, 3.63) is 51.7 Å². The summed E-state index contributed by atoms with van der Waals surface area (Å²) < 4.78 is 14.3. The number of carbonyl (C=O) groups excluding carboxylic acids is 1. The van der Waals surface area contributed by atoms with Crippen LogP contribution in [0.1, 0.15) is 57.1 Å². The number of fused-ring (bicyclic) bond motifs is 1. The highest BCUT2D eigenvalue weighted by molar-refractivity contribution is 5.76. The highest BCUT2D eigenvalue weighted by Gasteiger charge is 2.18. The molecule has 0 aliphatic carbocycles. The van der Waals surface area contributed by atoms with E-state index < -0.39 is 24.1 Å². The summed E-state index contributed by atoms with van der Waals surface area (Å²) >= 11 is 0. The van der Waals surface area contributed by atoms with Crippen molar-refractivity contribution in [1.82, 2.24) is 19.3 Å². The van der Waals surface area contributed by atoms with E-state index >= 15 is 0 Å². The molecular formula is C30H46N8O7. The molecule has 248 valence electrons. The Hall–Kier alpha value is -4.50. The van der Waals surface area contributed by atoms with Crippen LogP contribution in [0.4, 0.5) is 0 Å². The van der Waals surface area contributed by atoms with Crippen molar-refractivity contribution in [3.8, 4) is 5.75 Å². The summed E-state index contributed by atoms with van der Waals surface area (Å²) in [6, 6.07) is 6.34. The molecule has 2 heterocycles. The molecule has 3 aromatic rings. The van der Waals surface area contributed by atoms with Crippen molar-refractivity contribution in [3.63, 3.8) is 0 Å². The molecule has 0 aliphatic heterocycles. The SMILES string of the molecule is CCCc1nn(C)c2c(=O)n(CCOc3ccc(C[C@H](OCC)C(=O)[O-])cc3)c(CC)nc12.NC(N)=[NH+]CCC[C@@H](N)C(=O)O. The van der Waals surface area contributed by atoms with Gasteiger partial charge in [-0.3, -0.25) is 35.3 Å². The van der Waals surface area contributed by atoms with Gasteiger partial charge in [-0.15, -0.1) is 0 Å². The minimum Gasteiger partial charge on any atom is -0.547 e.